The number of amides is 2. The highest BCUT2D eigenvalue weighted by molar-refractivity contribution is 6.32. The SMILES string of the molecule is CC1CCC(NC(=O)CN2C(=O)/C(=C\c3ccccc3Cl)OC3CCCCC32)CC1. The summed E-state index contributed by atoms with van der Waals surface area (Å²) < 4.78 is 6.11. The minimum Gasteiger partial charge on any atom is -0.482 e. The molecule has 6 heteroatoms. The first-order chi connectivity index (χ1) is 14.5. The van der Waals surface area contributed by atoms with Crippen molar-refractivity contribution in [3.63, 3.8) is 0 Å². The van der Waals surface area contributed by atoms with Crippen molar-refractivity contribution >= 4 is 29.5 Å². The van der Waals surface area contributed by atoms with Crippen molar-refractivity contribution in [1.82, 2.24) is 10.2 Å². The molecule has 1 saturated heterocycles. The summed E-state index contributed by atoms with van der Waals surface area (Å²) in [6, 6.07) is 7.58. The van der Waals surface area contributed by atoms with Crippen LogP contribution < -0.4 is 5.32 Å². The highest BCUT2D eigenvalue weighted by atomic mass is 35.5. The molecule has 1 aliphatic heterocycles. The van der Waals surface area contributed by atoms with Gasteiger partial charge in [-0.05, 0) is 68.6 Å². The maximum Gasteiger partial charge on any atom is 0.289 e. The van der Waals surface area contributed by atoms with Gasteiger partial charge >= 0.3 is 0 Å². The summed E-state index contributed by atoms with van der Waals surface area (Å²) >= 11 is 6.28. The van der Waals surface area contributed by atoms with Crippen molar-refractivity contribution in [1.29, 1.82) is 0 Å². The Morgan fingerprint density at radius 2 is 1.90 bits per heavy atom. The molecular weight excluding hydrogens is 400 g/mol. The summed E-state index contributed by atoms with van der Waals surface area (Å²) in [7, 11) is 0. The molecule has 0 radical (unpaired) electrons. The van der Waals surface area contributed by atoms with E-state index in [0.29, 0.717) is 5.02 Å². The lowest BCUT2D eigenvalue weighted by Crippen LogP contribution is -2.57. The van der Waals surface area contributed by atoms with Gasteiger partial charge in [0.05, 0.1) is 6.04 Å². The maximum absolute atomic E-state index is 13.3. The third kappa shape index (κ3) is 4.83. The van der Waals surface area contributed by atoms with Gasteiger partial charge < -0.3 is 15.0 Å². The normalized spacial score (nSPS) is 30.5. The van der Waals surface area contributed by atoms with E-state index in [0.717, 1.165) is 62.8 Å². The summed E-state index contributed by atoms with van der Waals surface area (Å²) in [5, 5.41) is 3.73. The largest absolute Gasteiger partial charge is 0.482 e. The van der Waals surface area contributed by atoms with Crippen LogP contribution in [0.1, 0.15) is 63.9 Å². The molecule has 1 aromatic carbocycles. The highest BCUT2D eigenvalue weighted by Crippen LogP contribution is 2.34. The second-order valence-electron chi connectivity index (χ2n) is 9.00. The van der Waals surface area contributed by atoms with Crippen LogP contribution in [0.2, 0.25) is 5.02 Å². The smallest absolute Gasteiger partial charge is 0.289 e. The monoisotopic (exact) mass is 430 g/mol. The fourth-order valence-electron chi connectivity index (χ4n) is 4.93. The molecule has 3 fully saturated rings. The van der Waals surface area contributed by atoms with Gasteiger partial charge in [0, 0.05) is 11.1 Å². The quantitative estimate of drug-likeness (QED) is 0.713. The Kier molecular flexibility index (Phi) is 6.67. The van der Waals surface area contributed by atoms with Crippen LogP contribution in [0.5, 0.6) is 0 Å². The number of carbonyl (C=O) groups excluding carboxylic acids is 2. The molecule has 2 aliphatic carbocycles. The molecule has 162 valence electrons. The Morgan fingerprint density at radius 1 is 1.17 bits per heavy atom. The fourth-order valence-corrected chi connectivity index (χ4v) is 5.12. The molecule has 1 aromatic rings. The van der Waals surface area contributed by atoms with E-state index in [-0.39, 0.29) is 42.3 Å². The zero-order valence-electron chi connectivity index (χ0n) is 17.6. The van der Waals surface area contributed by atoms with Crippen LogP contribution in [0.3, 0.4) is 0 Å². The Morgan fingerprint density at radius 3 is 2.67 bits per heavy atom. The average molecular weight is 431 g/mol. The average Bonchev–Trinajstić information content (AvgIpc) is 2.74. The number of hydrogen-bond donors (Lipinski definition) is 1. The summed E-state index contributed by atoms with van der Waals surface area (Å²) in [4.78, 5) is 27.8. The van der Waals surface area contributed by atoms with Crippen LogP contribution in [0, 0.1) is 5.92 Å². The van der Waals surface area contributed by atoms with Crippen molar-refractivity contribution in [3.8, 4) is 0 Å². The van der Waals surface area contributed by atoms with Crippen molar-refractivity contribution < 1.29 is 14.3 Å². The van der Waals surface area contributed by atoms with Crippen molar-refractivity contribution in [3.05, 3.63) is 40.6 Å². The van der Waals surface area contributed by atoms with E-state index in [1.54, 1.807) is 17.0 Å². The standard InChI is InChI=1S/C24H31ClN2O3/c1-16-10-12-18(13-11-16)26-23(28)15-27-20-8-4-5-9-21(20)30-22(24(27)29)14-17-6-2-3-7-19(17)25/h2-3,6-7,14,16,18,20-21H,4-5,8-13,15H2,1H3,(H,26,28)/b22-14+. The number of benzene rings is 1. The van der Waals surface area contributed by atoms with Crippen LogP contribution in [0.4, 0.5) is 0 Å². The van der Waals surface area contributed by atoms with Gasteiger partial charge in [-0.2, -0.15) is 0 Å². The first-order valence-electron chi connectivity index (χ1n) is 11.2. The van der Waals surface area contributed by atoms with Gasteiger partial charge in [-0.3, -0.25) is 9.59 Å². The van der Waals surface area contributed by atoms with Gasteiger partial charge in [0.1, 0.15) is 12.6 Å². The third-order valence-electron chi connectivity index (χ3n) is 6.70. The summed E-state index contributed by atoms with van der Waals surface area (Å²) in [6.07, 6.45) is 9.90. The van der Waals surface area contributed by atoms with Gasteiger partial charge in [0.2, 0.25) is 5.91 Å². The second-order valence-corrected chi connectivity index (χ2v) is 9.40. The Bertz CT molecular complexity index is 816. The number of ether oxygens (including phenoxy) is 1. The molecule has 5 nitrogen and oxygen atoms in total. The second kappa shape index (κ2) is 9.42. The van der Waals surface area contributed by atoms with Gasteiger partial charge in [-0.25, -0.2) is 0 Å². The number of rotatable bonds is 4. The van der Waals surface area contributed by atoms with Crippen LogP contribution in [-0.4, -0.2) is 41.4 Å². The zero-order valence-corrected chi connectivity index (χ0v) is 18.4. The van der Waals surface area contributed by atoms with Crippen LogP contribution in [0.25, 0.3) is 6.08 Å². The number of fused-ring (bicyclic) bond motifs is 1. The molecule has 0 bridgehead atoms. The molecule has 0 aromatic heterocycles. The summed E-state index contributed by atoms with van der Waals surface area (Å²) in [5.74, 6) is 0.738. The maximum atomic E-state index is 13.3. The summed E-state index contributed by atoms with van der Waals surface area (Å²) in [6.45, 7) is 2.36. The molecule has 30 heavy (non-hydrogen) atoms. The molecule has 2 atom stereocenters. The molecule has 4 rings (SSSR count). The Labute approximate surface area is 183 Å². The number of halogens is 1. The van der Waals surface area contributed by atoms with E-state index in [9.17, 15) is 9.59 Å². The predicted molar refractivity (Wildman–Crippen MR) is 118 cm³/mol. The number of carbonyl (C=O) groups is 2. The minimum atomic E-state index is -0.217. The van der Waals surface area contributed by atoms with Gasteiger partial charge in [0.25, 0.3) is 5.91 Å². The number of nitrogens with one attached hydrogen (secondary N) is 1. The molecule has 1 N–H and O–H groups in total. The fraction of sp³-hybridized carbons (Fsp3) is 0.583. The number of morpholine rings is 1. The molecular formula is C24H31ClN2O3. The van der Waals surface area contributed by atoms with E-state index in [2.05, 4.69) is 12.2 Å². The Hall–Kier alpha value is -2.01. The molecule has 1 heterocycles. The van der Waals surface area contributed by atoms with Crippen molar-refractivity contribution in [2.75, 3.05) is 6.54 Å². The van der Waals surface area contributed by atoms with Crippen molar-refractivity contribution in [2.45, 2.75) is 76.5 Å². The van der Waals surface area contributed by atoms with E-state index in [1.807, 2.05) is 18.2 Å². The summed E-state index contributed by atoms with van der Waals surface area (Å²) in [5.41, 5.74) is 0.748. The van der Waals surface area contributed by atoms with Crippen LogP contribution >= 0.6 is 11.6 Å². The minimum absolute atomic E-state index is 0.0354. The van der Waals surface area contributed by atoms with E-state index < -0.39 is 0 Å². The highest BCUT2D eigenvalue weighted by Gasteiger charge is 2.42. The van der Waals surface area contributed by atoms with Crippen LogP contribution in [-0.2, 0) is 14.3 Å². The predicted octanol–water partition coefficient (Wildman–Crippen LogP) is 4.55. The van der Waals surface area contributed by atoms with Gasteiger partial charge in [0.15, 0.2) is 5.76 Å². The molecule has 3 aliphatic rings. The Balaban J connectivity index is 1.50. The van der Waals surface area contributed by atoms with Gasteiger partial charge in [-0.15, -0.1) is 0 Å². The van der Waals surface area contributed by atoms with Gasteiger partial charge in [-0.1, -0.05) is 43.1 Å². The van der Waals surface area contributed by atoms with E-state index in [1.165, 1.54) is 0 Å². The lowest BCUT2D eigenvalue weighted by Gasteiger charge is -2.44. The molecule has 2 saturated carbocycles. The molecule has 2 unspecified atom stereocenters. The zero-order chi connectivity index (χ0) is 21.1. The molecule has 2 amide bonds. The number of hydrogen-bond acceptors (Lipinski definition) is 3. The third-order valence-corrected chi connectivity index (χ3v) is 7.05. The topological polar surface area (TPSA) is 58.6 Å². The number of nitrogens with zero attached hydrogens (tertiary/aromatic N) is 1. The van der Waals surface area contributed by atoms with Crippen LogP contribution in [0.15, 0.2) is 30.0 Å². The van der Waals surface area contributed by atoms with E-state index in [4.69, 9.17) is 16.3 Å². The molecule has 0 spiro atoms. The lowest BCUT2D eigenvalue weighted by atomic mass is 9.87. The lowest BCUT2D eigenvalue weighted by molar-refractivity contribution is -0.152. The first-order valence-corrected chi connectivity index (χ1v) is 11.6. The first kappa shape index (κ1) is 21.2. The van der Waals surface area contributed by atoms with Crippen molar-refractivity contribution in [2.24, 2.45) is 5.92 Å². The van der Waals surface area contributed by atoms with E-state index >= 15 is 0 Å².